The van der Waals surface area contributed by atoms with Crippen LogP contribution in [0.3, 0.4) is 0 Å². The van der Waals surface area contributed by atoms with Gasteiger partial charge in [0.05, 0.1) is 0 Å². The second-order valence-electron chi connectivity index (χ2n) is 18.5. The molecular weight excluding hydrogens is 639 g/mol. The van der Waals surface area contributed by atoms with E-state index < -0.39 is 0 Å². The van der Waals surface area contributed by atoms with Gasteiger partial charge in [0.15, 0.2) is 0 Å². The molecular formula is C52H107N. The van der Waals surface area contributed by atoms with Crippen LogP contribution in [0, 0.1) is 5.92 Å². The maximum absolute atomic E-state index is 2.88. The molecule has 1 heteroatoms. The molecule has 0 bridgehead atoms. The fourth-order valence-electron chi connectivity index (χ4n) is 8.58. The van der Waals surface area contributed by atoms with Crippen molar-refractivity contribution in [3.8, 4) is 0 Å². The lowest BCUT2D eigenvalue weighted by Gasteiger charge is -2.22. The SMILES string of the molecule is CCCCCCCCCCCCCCCCCCN(CCCCCCCCCCCCCCCCCC)CCCCCCCCCCCCCC(C)C. The van der Waals surface area contributed by atoms with Gasteiger partial charge in [0, 0.05) is 0 Å². The summed E-state index contributed by atoms with van der Waals surface area (Å²) in [5.41, 5.74) is 0. The summed E-state index contributed by atoms with van der Waals surface area (Å²) < 4.78 is 0. The second-order valence-corrected chi connectivity index (χ2v) is 18.5. The largest absolute Gasteiger partial charge is 0.303 e. The minimum absolute atomic E-state index is 0.889. The Labute approximate surface area is 339 Å². The maximum atomic E-state index is 2.88. The first-order valence-electron chi connectivity index (χ1n) is 25.9. The van der Waals surface area contributed by atoms with E-state index in [1.54, 1.807) is 0 Å². The zero-order valence-corrected chi connectivity index (χ0v) is 38.3. The molecule has 0 aliphatic carbocycles. The van der Waals surface area contributed by atoms with E-state index in [9.17, 15) is 0 Å². The molecule has 0 aromatic carbocycles. The minimum Gasteiger partial charge on any atom is -0.303 e. The van der Waals surface area contributed by atoms with Gasteiger partial charge in [-0.15, -0.1) is 0 Å². The first kappa shape index (κ1) is 53.0. The molecule has 0 amide bonds. The highest BCUT2D eigenvalue weighted by molar-refractivity contribution is 4.61. The zero-order valence-electron chi connectivity index (χ0n) is 38.3. The Morgan fingerprint density at radius 1 is 0.226 bits per heavy atom. The topological polar surface area (TPSA) is 3.24 Å². The number of rotatable bonds is 48. The first-order chi connectivity index (χ1) is 26.2. The van der Waals surface area contributed by atoms with Gasteiger partial charge in [-0.3, -0.25) is 0 Å². The molecule has 0 aromatic rings. The van der Waals surface area contributed by atoms with Crippen LogP contribution >= 0.6 is 0 Å². The van der Waals surface area contributed by atoms with Gasteiger partial charge in [-0.1, -0.05) is 291 Å². The molecule has 1 nitrogen and oxygen atoms in total. The lowest BCUT2D eigenvalue weighted by atomic mass is 10.0. The van der Waals surface area contributed by atoms with Crippen LogP contribution < -0.4 is 0 Å². The molecule has 0 saturated heterocycles. The Kier molecular flexibility index (Phi) is 48.1. The third kappa shape index (κ3) is 48.0. The van der Waals surface area contributed by atoms with Crippen LogP contribution in [0.2, 0.25) is 0 Å². The maximum Gasteiger partial charge on any atom is -0.00187 e. The highest BCUT2D eigenvalue weighted by Gasteiger charge is 2.06. The Morgan fingerprint density at radius 2 is 0.396 bits per heavy atom. The van der Waals surface area contributed by atoms with Crippen molar-refractivity contribution in [1.82, 2.24) is 4.90 Å². The molecule has 0 rings (SSSR count). The summed E-state index contributed by atoms with van der Waals surface area (Å²) in [7, 11) is 0. The Hall–Kier alpha value is -0.0400. The summed E-state index contributed by atoms with van der Waals surface area (Å²) in [4.78, 5) is 2.88. The summed E-state index contributed by atoms with van der Waals surface area (Å²) in [5, 5.41) is 0. The Balaban J connectivity index is 3.94. The van der Waals surface area contributed by atoms with Gasteiger partial charge in [-0.25, -0.2) is 0 Å². The van der Waals surface area contributed by atoms with E-state index in [0.29, 0.717) is 0 Å². The van der Waals surface area contributed by atoms with Crippen molar-refractivity contribution < 1.29 is 0 Å². The fraction of sp³-hybridized carbons (Fsp3) is 1.00. The number of unbranched alkanes of at least 4 members (excludes halogenated alkanes) is 40. The zero-order chi connectivity index (χ0) is 38.4. The Morgan fingerprint density at radius 3 is 0.585 bits per heavy atom. The second kappa shape index (κ2) is 48.1. The molecule has 0 N–H and O–H groups in total. The van der Waals surface area contributed by atoms with Gasteiger partial charge in [0.1, 0.15) is 0 Å². The quantitative estimate of drug-likeness (QED) is 0.0561. The van der Waals surface area contributed by atoms with Gasteiger partial charge < -0.3 is 4.90 Å². The van der Waals surface area contributed by atoms with E-state index in [1.807, 2.05) is 0 Å². The number of nitrogens with zero attached hydrogens (tertiary/aromatic N) is 1. The molecule has 0 aromatic heterocycles. The van der Waals surface area contributed by atoms with Crippen molar-refractivity contribution in [2.24, 2.45) is 5.92 Å². The highest BCUT2D eigenvalue weighted by atomic mass is 15.1. The van der Waals surface area contributed by atoms with Crippen LogP contribution in [0.5, 0.6) is 0 Å². The lowest BCUT2D eigenvalue weighted by molar-refractivity contribution is 0.254. The summed E-state index contributed by atoms with van der Waals surface area (Å²) in [6.45, 7) is 13.5. The lowest BCUT2D eigenvalue weighted by Crippen LogP contribution is -2.27. The van der Waals surface area contributed by atoms with E-state index in [0.717, 1.165) is 5.92 Å². The van der Waals surface area contributed by atoms with Crippen LogP contribution in [0.15, 0.2) is 0 Å². The van der Waals surface area contributed by atoms with Crippen molar-refractivity contribution in [2.45, 2.75) is 310 Å². The van der Waals surface area contributed by atoms with Crippen molar-refractivity contribution in [1.29, 1.82) is 0 Å². The van der Waals surface area contributed by atoms with Crippen molar-refractivity contribution in [3.05, 3.63) is 0 Å². The summed E-state index contributed by atoms with van der Waals surface area (Å²) in [6.07, 6.45) is 64.6. The van der Waals surface area contributed by atoms with Gasteiger partial charge in [-0.2, -0.15) is 0 Å². The molecule has 0 radical (unpaired) electrons. The molecule has 0 aliphatic heterocycles. The predicted molar refractivity (Wildman–Crippen MR) is 246 cm³/mol. The average molecular weight is 746 g/mol. The van der Waals surface area contributed by atoms with Gasteiger partial charge in [0.25, 0.3) is 0 Å². The molecule has 0 atom stereocenters. The molecule has 0 aliphatic rings. The average Bonchev–Trinajstić information content (AvgIpc) is 3.15. The smallest absolute Gasteiger partial charge is 0.00187 e. The number of hydrogen-bond donors (Lipinski definition) is 0. The molecule has 0 unspecified atom stereocenters. The molecule has 0 spiro atoms. The van der Waals surface area contributed by atoms with Crippen molar-refractivity contribution in [3.63, 3.8) is 0 Å². The monoisotopic (exact) mass is 746 g/mol. The van der Waals surface area contributed by atoms with Gasteiger partial charge >= 0.3 is 0 Å². The van der Waals surface area contributed by atoms with Crippen LogP contribution in [0.1, 0.15) is 310 Å². The van der Waals surface area contributed by atoms with Gasteiger partial charge in [-0.05, 0) is 44.8 Å². The summed E-state index contributed by atoms with van der Waals surface area (Å²) in [5.74, 6) is 0.889. The summed E-state index contributed by atoms with van der Waals surface area (Å²) in [6, 6.07) is 0. The normalized spacial score (nSPS) is 11.9. The van der Waals surface area contributed by atoms with Crippen LogP contribution in [0.25, 0.3) is 0 Å². The molecule has 0 saturated carbocycles. The highest BCUT2D eigenvalue weighted by Crippen LogP contribution is 2.17. The van der Waals surface area contributed by atoms with Gasteiger partial charge in [0.2, 0.25) is 0 Å². The van der Waals surface area contributed by atoms with Crippen LogP contribution in [-0.2, 0) is 0 Å². The standard InChI is InChI=1S/C52H107N/c1-5-7-9-11-13-15-17-19-21-23-25-29-33-37-41-45-49-53(51-47-43-39-35-31-27-28-32-36-40-44-48-52(3)4)50-46-42-38-34-30-26-24-22-20-18-16-14-12-10-8-6-2/h52H,5-51H2,1-4H3. The van der Waals surface area contributed by atoms with Crippen molar-refractivity contribution in [2.75, 3.05) is 19.6 Å². The van der Waals surface area contributed by atoms with Crippen LogP contribution in [-0.4, -0.2) is 24.5 Å². The minimum atomic E-state index is 0.889. The third-order valence-corrected chi connectivity index (χ3v) is 12.4. The molecule has 0 heterocycles. The van der Waals surface area contributed by atoms with E-state index >= 15 is 0 Å². The van der Waals surface area contributed by atoms with E-state index in [2.05, 4.69) is 32.6 Å². The fourth-order valence-corrected chi connectivity index (χ4v) is 8.58. The Bertz CT molecular complexity index is 576. The number of hydrogen-bond acceptors (Lipinski definition) is 1. The first-order valence-corrected chi connectivity index (χ1v) is 25.9. The van der Waals surface area contributed by atoms with E-state index in [1.165, 1.54) is 302 Å². The van der Waals surface area contributed by atoms with E-state index in [4.69, 9.17) is 0 Å². The molecule has 53 heavy (non-hydrogen) atoms. The predicted octanol–water partition coefficient (Wildman–Crippen LogP) is 19.1. The molecule has 0 fully saturated rings. The summed E-state index contributed by atoms with van der Waals surface area (Å²) >= 11 is 0. The van der Waals surface area contributed by atoms with E-state index in [-0.39, 0.29) is 0 Å². The van der Waals surface area contributed by atoms with Crippen molar-refractivity contribution >= 4 is 0 Å². The van der Waals surface area contributed by atoms with Crippen LogP contribution in [0.4, 0.5) is 0 Å². The molecule has 320 valence electrons. The third-order valence-electron chi connectivity index (χ3n) is 12.4.